The zero-order chi connectivity index (χ0) is 19.3. The number of nitrogens with two attached hydrogens (primary N) is 1. The molecule has 1 saturated carbocycles. The van der Waals surface area contributed by atoms with Crippen LogP contribution in [-0.2, 0) is 4.74 Å². The summed E-state index contributed by atoms with van der Waals surface area (Å²) in [5, 5.41) is 4.99. The number of nitrogen functional groups attached to an aromatic ring is 1. The normalized spacial score (nSPS) is 22.0. The monoisotopic (exact) mass is 381 g/mol. The molecule has 6 nitrogen and oxygen atoms in total. The molecule has 2 N–H and O–H groups in total. The minimum absolute atomic E-state index is 0.353. The molecular weight excluding hydrogens is 350 g/mol. The average Bonchev–Trinajstić information content (AvgIpc) is 3.39. The number of aromatic nitrogens is 3. The molecule has 0 radical (unpaired) electrons. The smallest absolute Gasteiger partial charge is 0.126 e. The fourth-order valence-corrected chi connectivity index (χ4v) is 4.62. The maximum atomic E-state index is 6.11. The van der Waals surface area contributed by atoms with Gasteiger partial charge in [0.2, 0.25) is 0 Å². The standard InChI is InChI=1S/C22H31N5O/c1-14(2)27-21(16-5-7-26(8-6-16)18-12-28-13-18)10-20(25-27)17-9-19(15-3-4-15)22(23)24-11-17/h9-11,14-16,18H,3-8,12-13H2,1-2H3,(H2,23,24). The minimum Gasteiger partial charge on any atom is -0.383 e. The second-order valence-corrected chi connectivity index (χ2v) is 8.97. The Morgan fingerprint density at radius 2 is 1.82 bits per heavy atom. The third-order valence-electron chi connectivity index (χ3n) is 6.60. The van der Waals surface area contributed by atoms with Crippen LogP contribution in [0.15, 0.2) is 18.3 Å². The van der Waals surface area contributed by atoms with Gasteiger partial charge in [-0.05, 0) is 76.2 Å². The molecule has 0 bridgehead atoms. The minimum atomic E-state index is 0.353. The first-order valence-corrected chi connectivity index (χ1v) is 10.8. The highest BCUT2D eigenvalue weighted by molar-refractivity contribution is 5.63. The van der Waals surface area contributed by atoms with E-state index in [1.54, 1.807) is 0 Å². The van der Waals surface area contributed by atoms with E-state index in [-0.39, 0.29) is 0 Å². The lowest BCUT2D eigenvalue weighted by Gasteiger charge is -2.41. The molecule has 28 heavy (non-hydrogen) atoms. The van der Waals surface area contributed by atoms with Crippen LogP contribution in [0.25, 0.3) is 11.3 Å². The van der Waals surface area contributed by atoms with Crippen LogP contribution in [0.5, 0.6) is 0 Å². The van der Waals surface area contributed by atoms with Crippen molar-refractivity contribution in [3.63, 3.8) is 0 Å². The van der Waals surface area contributed by atoms with E-state index in [1.807, 2.05) is 6.20 Å². The van der Waals surface area contributed by atoms with Crippen molar-refractivity contribution in [2.24, 2.45) is 0 Å². The van der Waals surface area contributed by atoms with Crippen molar-refractivity contribution in [2.75, 3.05) is 32.0 Å². The maximum absolute atomic E-state index is 6.11. The molecule has 6 heteroatoms. The molecule has 2 aliphatic heterocycles. The van der Waals surface area contributed by atoms with Crippen LogP contribution < -0.4 is 5.73 Å². The fourth-order valence-electron chi connectivity index (χ4n) is 4.62. The topological polar surface area (TPSA) is 69.2 Å². The molecule has 3 fully saturated rings. The molecule has 0 amide bonds. The van der Waals surface area contributed by atoms with Gasteiger partial charge in [0.15, 0.2) is 0 Å². The Bertz CT molecular complexity index is 845. The van der Waals surface area contributed by atoms with Gasteiger partial charge in [-0.1, -0.05) is 0 Å². The van der Waals surface area contributed by atoms with E-state index in [0.717, 1.165) is 37.6 Å². The molecule has 2 saturated heterocycles. The van der Waals surface area contributed by atoms with Gasteiger partial charge in [0, 0.05) is 29.4 Å². The Kier molecular flexibility index (Phi) is 4.63. The van der Waals surface area contributed by atoms with Gasteiger partial charge in [-0.25, -0.2) is 4.98 Å². The summed E-state index contributed by atoms with van der Waals surface area (Å²) in [7, 11) is 0. The molecule has 2 aromatic heterocycles. The van der Waals surface area contributed by atoms with E-state index in [2.05, 4.69) is 40.5 Å². The largest absolute Gasteiger partial charge is 0.383 e. The maximum Gasteiger partial charge on any atom is 0.126 e. The highest BCUT2D eigenvalue weighted by Gasteiger charge is 2.32. The van der Waals surface area contributed by atoms with Crippen LogP contribution in [0.1, 0.15) is 68.7 Å². The summed E-state index contributed by atoms with van der Waals surface area (Å²) in [6, 6.07) is 5.52. The third kappa shape index (κ3) is 3.33. The van der Waals surface area contributed by atoms with Crippen molar-refractivity contribution in [2.45, 2.75) is 63.5 Å². The number of nitrogens with zero attached hydrogens (tertiary/aromatic N) is 4. The summed E-state index contributed by atoms with van der Waals surface area (Å²) in [4.78, 5) is 7.07. The molecule has 1 aliphatic carbocycles. The Morgan fingerprint density at radius 3 is 2.43 bits per heavy atom. The van der Waals surface area contributed by atoms with Gasteiger partial charge in [0.1, 0.15) is 5.82 Å². The Morgan fingerprint density at radius 1 is 1.07 bits per heavy atom. The summed E-state index contributed by atoms with van der Waals surface area (Å²) < 4.78 is 7.60. The van der Waals surface area contributed by atoms with E-state index >= 15 is 0 Å². The lowest BCUT2D eigenvalue weighted by Crippen LogP contribution is -2.51. The van der Waals surface area contributed by atoms with Crippen molar-refractivity contribution < 1.29 is 4.74 Å². The predicted molar refractivity (Wildman–Crippen MR) is 110 cm³/mol. The van der Waals surface area contributed by atoms with Gasteiger partial charge in [-0.15, -0.1) is 0 Å². The number of hydrogen-bond acceptors (Lipinski definition) is 5. The molecule has 0 aromatic carbocycles. The third-order valence-corrected chi connectivity index (χ3v) is 6.60. The molecule has 5 rings (SSSR count). The van der Waals surface area contributed by atoms with E-state index in [1.165, 1.54) is 36.9 Å². The van der Waals surface area contributed by atoms with Gasteiger partial charge >= 0.3 is 0 Å². The van der Waals surface area contributed by atoms with Crippen LogP contribution in [0.2, 0.25) is 0 Å². The van der Waals surface area contributed by atoms with Crippen LogP contribution in [0, 0.1) is 0 Å². The van der Waals surface area contributed by atoms with Gasteiger partial charge in [-0.2, -0.15) is 5.10 Å². The van der Waals surface area contributed by atoms with Crippen LogP contribution in [0.4, 0.5) is 5.82 Å². The number of ether oxygens (including phenoxy) is 1. The van der Waals surface area contributed by atoms with Crippen molar-refractivity contribution in [3.8, 4) is 11.3 Å². The average molecular weight is 382 g/mol. The highest BCUT2D eigenvalue weighted by atomic mass is 16.5. The van der Waals surface area contributed by atoms with E-state index in [4.69, 9.17) is 15.6 Å². The predicted octanol–water partition coefficient (Wildman–Crippen LogP) is 3.56. The van der Waals surface area contributed by atoms with Gasteiger partial charge in [0.25, 0.3) is 0 Å². The zero-order valence-electron chi connectivity index (χ0n) is 17.0. The second-order valence-electron chi connectivity index (χ2n) is 8.97. The van der Waals surface area contributed by atoms with Crippen molar-refractivity contribution >= 4 is 5.82 Å². The molecular formula is C22H31N5O. The number of likely N-dealkylation sites (tertiary alicyclic amines) is 1. The molecule has 0 atom stereocenters. The number of hydrogen-bond donors (Lipinski definition) is 1. The Hall–Kier alpha value is -1.92. The van der Waals surface area contributed by atoms with Crippen molar-refractivity contribution in [1.29, 1.82) is 0 Å². The van der Waals surface area contributed by atoms with Crippen LogP contribution in [-0.4, -0.2) is 52.0 Å². The number of piperidine rings is 1. The fraction of sp³-hybridized carbons (Fsp3) is 0.636. The molecule has 2 aromatic rings. The molecule has 0 spiro atoms. The first kappa shape index (κ1) is 18.1. The van der Waals surface area contributed by atoms with Gasteiger partial charge < -0.3 is 10.5 Å². The van der Waals surface area contributed by atoms with Crippen LogP contribution in [0.3, 0.4) is 0 Å². The quantitative estimate of drug-likeness (QED) is 0.857. The summed E-state index contributed by atoms with van der Waals surface area (Å²) >= 11 is 0. The summed E-state index contributed by atoms with van der Waals surface area (Å²) in [6.45, 7) is 8.58. The molecule has 0 unspecified atom stereocenters. The number of pyridine rings is 1. The van der Waals surface area contributed by atoms with E-state index in [9.17, 15) is 0 Å². The lowest BCUT2D eigenvalue weighted by atomic mass is 9.91. The van der Waals surface area contributed by atoms with Crippen molar-refractivity contribution in [1.82, 2.24) is 19.7 Å². The van der Waals surface area contributed by atoms with E-state index in [0.29, 0.717) is 29.7 Å². The Balaban J connectivity index is 1.40. The molecule has 4 heterocycles. The van der Waals surface area contributed by atoms with Crippen molar-refractivity contribution in [3.05, 3.63) is 29.6 Å². The van der Waals surface area contributed by atoms with Gasteiger partial charge in [-0.3, -0.25) is 9.58 Å². The number of rotatable bonds is 5. The first-order valence-electron chi connectivity index (χ1n) is 10.8. The summed E-state index contributed by atoms with van der Waals surface area (Å²) in [5.41, 5.74) is 10.8. The van der Waals surface area contributed by atoms with Gasteiger partial charge in [0.05, 0.1) is 24.9 Å². The molecule has 3 aliphatic rings. The SMILES string of the molecule is CC(C)n1nc(-c2cnc(N)c(C3CC3)c2)cc1C1CCN(C2COC2)CC1. The second kappa shape index (κ2) is 7.16. The lowest BCUT2D eigenvalue weighted by molar-refractivity contribution is -0.0714. The summed E-state index contributed by atoms with van der Waals surface area (Å²) in [6.07, 6.45) is 6.73. The Labute approximate surface area is 167 Å². The first-order chi connectivity index (χ1) is 13.6. The van der Waals surface area contributed by atoms with Crippen LogP contribution >= 0.6 is 0 Å². The number of anilines is 1. The molecule has 150 valence electrons. The zero-order valence-corrected chi connectivity index (χ0v) is 17.0. The highest BCUT2D eigenvalue weighted by Crippen LogP contribution is 2.43. The summed E-state index contributed by atoms with van der Waals surface area (Å²) in [5.74, 6) is 1.85. The van der Waals surface area contributed by atoms with E-state index < -0.39 is 0 Å².